The van der Waals surface area contributed by atoms with Crippen LogP contribution in [0.1, 0.15) is 88.1 Å². The van der Waals surface area contributed by atoms with Crippen LogP contribution in [0.5, 0.6) is 0 Å². The van der Waals surface area contributed by atoms with E-state index in [0.717, 1.165) is 55.3 Å². The predicted octanol–water partition coefficient (Wildman–Crippen LogP) is 7.61. The van der Waals surface area contributed by atoms with Crippen molar-refractivity contribution < 1.29 is 19.1 Å². The maximum Gasteiger partial charge on any atom is 0.410 e. The second-order valence-electron chi connectivity index (χ2n) is 13.9. The number of fused-ring (bicyclic) bond motifs is 1. The SMILES string of the molecule is CC(C)(C)OC(=O)N1CCCC2[C@H]1CN2C(=O)c1ccc(-c2cc(Cl)c(CC3CCN(C4CCCCC4)C3=O)c(Cl)c2)cc1. The van der Waals surface area contributed by atoms with Crippen molar-refractivity contribution in [2.75, 3.05) is 19.6 Å². The second kappa shape index (κ2) is 12.6. The summed E-state index contributed by atoms with van der Waals surface area (Å²) in [4.78, 5) is 45.2. The van der Waals surface area contributed by atoms with Crippen LogP contribution in [0.15, 0.2) is 36.4 Å². The van der Waals surface area contributed by atoms with Gasteiger partial charge in [0.25, 0.3) is 5.91 Å². The Labute approximate surface area is 270 Å². The molecule has 3 amide bonds. The molecule has 44 heavy (non-hydrogen) atoms. The summed E-state index contributed by atoms with van der Waals surface area (Å²) in [6.45, 7) is 7.60. The average molecular weight is 641 g/mol. The van der Waals surface area contributed by atoms with E-state index in [1.165, 1.54) is 19.3 Å². The fraction of sp³-hybridized carbons (Fsp3) is 0.571. The molecule has 2 aromatic rings. The lowest BCUT2D eigenvalue weighted by Gasteiger charge is -2.55. The van der Waals surface area contributed by atoms with Gasteiger partial charge in [-0.1, -0.05) is 54.6 Å². The van der Waals surface area contributed by atoms with Gasteiger partial charge < -0.3 is 19.4 Å². The Balaban J connectivity index is 1.09. The minimum atomic E-state index is -0.551. The third-order valence-corrected chi connectivity index (χ3v) is 10.5. The van der Waals surface area contributed by atoms with E-state index in [4.69, 9.17) is 27.9 Å². The van der Waals surface area contributed by atoms with Crippen LogP contribution in [0.3, 0.4) is 0 Å². The Morgan fingerprint density at radius 1 is 0.841 bits per heavy atom. The lowest BCUT2D eigenvalue weighted by Crippen LogP contribution is -2.71. The fourth-order valence-electron chi connectivity index (χ4n) is 7.49. The Morgan fingerprint density at radius 3 is 2.18 bits per heavy atom. The van der Waals surface area contributed by atoms with Crippen LogP contribution in [-0.2, 0) is 16.0 Å². The number of benzene rings is 2. The maximum absolute atomic E-state index is 13.4. The van der Waals surface area contributed by atoms with Crippen LogP contribution in [0.25, 0.3) is 11.1 Å². The van der Waals surface area contributed by atoms with Crippen molar-refractivity contribution in [2.24, 2.45) is 5.92 Å². The molecule has 0 bridgehead atoms. The van der Waals surface area contributed by atoms with E-state index in [1.807, 2.05) is 62.1 Å². The normalized spacial score (nSPS) is 24.2. The Bertz CT molecular complexity index is 1390. The molecule has 3 atom stereocenters. The summed E-state index contributed by atoms with van der Waals surface area (Å²) in [5.41, 5.74) is 2.66. The monoisotopic (exact) mass is 639 g/mol. The molecular weight excluding hydrogens is 597 g/mol. The Hall–Kier alpha value is -2.77. The van der Waals surface area contributed by atoms with E-state index in [-0.39, 0.29) is 35.9 Å². The van der Waals surface area contributed by atoms with Gasteiger partial charge in [-0.15, -0.1) is 0 Å². The first-order chi connectivity index (χ1) is 21.0. The molecule has 0 aromatic heterocycles. The van der Waals surface area contributed by atoms with Crippen LogP contribution >= 0.6 is 23.2 Å². The summed E-state index contributed by atoms with van der Waals surface area (Å²) < 4.78 is 5.60. The first kappa shape index (κ1) is 31.2. The van der Waals surface area contributed by atoms with E-state index in [2.05, 4.69) is 4.90 Å². The van der Waals surface area contributed by atoms with Gasteiger partial charge in [-0.25, -0.2) is 4.79 Å². The first-order valence-electron chi connectivity index (χ1n) is 16.2. The number of amides is 3. The molecule has 2 unspecified atom stereocenters. The standard InChI is InChI=1S/C35H43Cl2N3O4/c1-35(2,3)44-34(43)39-16-7-10-30-31(39)21-40(30)32(41)23-13-11-22(12-14-23)25-19-28(36)27(29(37)20-25)18-24-15-17-38(33(24)42)26-8-5-4-6-9-26/h11-14,19-20,24,26,30-31H,4-10,15-18,21H2,1-3H3/t24?,30?,31-/m1/s1. The highest BCUT2D eigenvalue weighted by Crippen LogP contribution is 2.38. The topological polar surface area (TPSA) is 70.2 Å². The van der Waals surface area contributed by atoms with Crippen molar-refractivity contribution in [3.05, 3.63) is 57.6 Å². The molecule has 1 saturated carbocycles. The van der Waals surface area contributed by atoms with Gasteiger partial charge in [-0.3, -0.25) is 9.59 Å². The molecule has 1 aliphatic carbocycles. The van der Waals surface area contributed by atoms with Gasteiger partial charge in [-0.05, 0) is 100 Å². The van der Waals surface area contributed by atoms with Gasteiger partial charge in [0.1, 0.15) is 5.60 Å². The number of ether oxygens (including phenoxy) is 1. The number of likely N-dealkylation sites (tertiary alicyclic amines) is 3. The van der Waals surface area contributed by atoms with Gasteiger partial charge in [0.2, 0.25) is 5.91 Å². The highest BCUT2D eigenvalue weighted by molar-refractivity contribution is 6.36. The van der Waals surface area contributed by atoms with E-state index < -0.39 is 5.60 Å². The summed E-state index contributed by atoms with van der Waals surface area (Å²) in [5.74, 6) is 0.135. The number of piperidine rings is 1. The number of halogens is 2. The van der Waals surface area contributed by atoms with E-state index >= 15 is 0 Å². The van der Waals surface area contributed by atoms with Crippen LogP contribution in [-0.4, -0.2) is 76.0 Å². The molecule has 0 N–H and O–H groups in total. The van der Waals surface area contributed by atoms with E-state index in [1.54, 1.807) is 4.90 Å². The molecule has 4 aliphatic rings. The predicted molar refractivity (Wildman–Crippen MR) is 173 cm³/mol. The van der Waals surface area contributed by atoms with Crippen LogP contribution in [0.4, 0.5) is 4.79 Å². The summed E-state index contributed by atoms with van der Waals surface area (Å²) in [5, 5.41) is 1.13. The number of rotatable bonds is 5. The van der Waals surface area contributed by atoms with Crippen molar-refractivity contribution in [1.29, 1.82) is 0 Å². The first-order valence-corrected chi connectivity index (χ1v) is 16.9. The maximum atomic E-state index is 13.4. The van der Waals surface area contributed by atoms with E-state index in [0.29, 0.717) is 41.2 Å². The summed E-state index contributed by atoms with van der Waals surface area (Å²) in [7, 11) is 0. The highest BCUT2D eigenvalue weighted by Gasteiger charge is 2.49. The molecule has 2 aromatic carbocycles. The third kappa shape index (κ3) is 6.32. The zero-order valence-corrected chi connectivity index (χ0v) is 27.5. The molecule has 236 valence electrons. The number of hydrogen-bond donors (Lipinski definition) is 0. The summed E-state index contributed by atoms with van der Waals surface area (Å²) in [6.07, 6.45) is 8.74. The largest absolute Gasteiger partial charge is 0.444 e. The second-order valence-corrected chi connectivity index (χ2v) is 14.7. The number of carbonyl (C=O) groups is 3. The van der Waals surface area contributed by atoms with Crippen molar-refractivity contribution >= 4 is 41.1 Å². The quantitative estimate of drug-likeness (QED) is 0.338. The van der Waals surface area contributed by atoms with Crippen molar-refractivity contribution in [3.8, 4) is 11.1 Å². The van der Waals surface area contributed by atoms with Crippen molar-refractivity contribution in [1.82, 2.24) is 14.7 Å². The highest BCUT2D eigenvalue weighted by atomic mass is 35.5. The molecule has 3 saturated heterocycles. The Morgan fingerprint density at radius 2 is 1.52 bits per heavy atom. The van der Waals surface area contributed by atoms with E-state index in [9.17, 15) is 14.4 Å². The average Bonchev–Trinajstić information content (AvgIpc) is 3.34. The number of nitrogens with zero attached hydrogens (tertiary/aromatic N) is 3. The molecule has 6 rings (SSSR count). The lowest BCUT2D eigenvalue weighted by atomic mass is 9.86. The van der Waals surface area contributed by atoms with Gasteiger partial charge >= 0.3 is 6.09 Å². The lowest BCUT2D eigenvalue weighted by molar-refractivity contribution is -0.133. The van der Waals surface area contributed by atoms with Gasteiger partial charge in [-0.2, -0.15) is 0 Å². The molecule has 4 fully saturated rings. The smallest absolute Gasteiger partial charge is 0.410 e. The molecular formula is C35H43Cl2N3O4. The Kier molecular flexibility index (Phi) is 8.91. The molecule has 0 spiro atoms. The zero-order valence-electron chi connectivity index (χ0n) is 26.0. The summed E-state index contributed by atoms with van der Waals surface area (Å²) in [6, 6.07) is 11.7. The fourth-order valence-corrected chi connectivity index (χ4v) is 8.13. The molecule has 0 radical (unpaired) electrons. The molecule has 3 aliphatic heterocycles. The van der Waals surface area contributed by atoms with Gasteiger partial charge in [0.15, 0.2) is 0 Å². The third-order valence-electron chi connectivity index (χ3n) is 9.84. The summed E-state index contributed by atoms with van der Waals surface area (Å²) >= 11 is 13.5. The zero-order chi connectivity index (χ0) is 31.2. The molecule has 9 heteroatoms. The van der Waals surface area contributed by atoms with Gasteiger partial charge in [0.05, 0.1) is 12.1 Å². The number of carbonyl (C=O) groups excluding carboxylic acids is 3. The molecule has 7 nitrogen and oxygen atoms in total. The van der Waals surface area contributed by atoms with Crippen LogP contribution in [0.2, 0.25) is 10.0 Å². The van der Waals surface area contributed by atoms with Crippen LogP contribution < -0.4 is 0 Å². The van der Waals surface area contributed by atoms with Crippen molar-refractivity contribution in [2.45, 2.75) is 102 Å². The number of hydrogen-bond acceptors (Lipinski definition) is 4. The van der Waals surface area contributed by atoms with Gasteiger partial charge in [0, 0.05) is 47.2 Å². The minimum Gasteiger partial charge on any atom is -0.444 e. The minimum absolute atomic E-state index is 0.000481. The van der Waals surface area contributed by atoms with Crippen molar-refractivity contribution in [3.63, 3.8) is 0 Å². The van der Waals surface area contributed by atoms with Crippen LogP contribution in [0, 0.1) is 5.92 Å². The molecule has 3 heterocycles.